The Kier molecular flexibility index (Phi) is 6.79. The van der Waals surface area contributed by atoms with E-state index < -0.39 is 0 Å². The molecule has 6 nitrogen and oxygen atoms in total. The Morgan fingerprint density at radius 2 is 1.86 bits per heavy atom. The molecule has 0 unspecified atom stereocenters. The minimum absolute atomic E-state index is 0.266. The van der Waals surface area contributed by atoms with E-state index in [2.05, 4.69) is 36.9 Å². The lowest BCUT2D eigenvalue weighted by Crippen LogP contribution is -2.19. The predicted octanol–water partition coefficient (Wildman–Crippen LogP) is 5.11. The van der Waals surface area contributed by atoms with Crippen molar-refractivity contribution >= 4 is 50.5 Å². The van der Waals surface area contributed by atoms with Crippen molar-refractivity contribution < 1.29 is 9.53 Å². The Labute approximate surface area is 182 Å². The molecule has 0 saturated heterocycles. The number of carbonyl (C=O) groups excluding carboxylic acids is 1. The van der Waals surface area contributed by atoms with Crippen molar-refractivity contribution in [3.05, 3.63) is 76.5 Å². The van der Waals surface area contributed by atoms with E-state index in [1.54, 1.807) is 19.2 Å². The Morgan fingerprint density at radius 1 is 1.07 bits per heavy atom. The second-order valence-corrected chi connectivity index (χ2v) is 7.45. The number of hydrogen-bond acceptors (Lipinski definition) is 4. The van der Waals surface area contributed by atoms with Gasteiger partial charge in [-0.2, -0.15) is 0 Å². The average Bonchev–Trinajstić information content (AvgIpc) is 2.69. The van der Waals surface area contributed by atoms with Crippen molar-refractivity contribution in [1.82, 2.24) is 10.3 Å². The summed E-state index contributed by atoms with van der Waals surface area (Å²) >= 11 is 8.83. The first-order valence-corrected chi connectivity index (χ1v) is 9.95. The summed E-state index contributed by atoms with van der Waals surface area (Å²) in [4.78, 5) is 15.7. The third-order valence-electron chi connectivity index (χ3n) is 3.96. The number of pyridine rings is 1. The number of halogens is 1. The molecule has 0 fully saturated rings. The molecular weight excluding hydrogens is 452 g/mol. The minimum Gasteiger partial charge on any atom is -0.457 e. The molecule has 0 radical (unpaired) electrons. The van der Waals surface area contributed by atoms with E-state index in [0.29, 0.717) is 22.3 Å². The minimum atomic E-state index is -0.266. The van der Waals surface area contributed by atoms with Crippen LogP contribution in [0.2, 0.25) is 0 Å². The maximum absolute atomic E-state index is 11.7. The van der Waals surface area contributed by atoms with E-state index in [-0.39, 0.29) is 5.91 Å². The zero-order valence-corrected chi connectivity index (χ0v) is 18.2. The molecule has 0 aliphatic carbocycles. The average molecular weight is 471 g/mol. The number of anilines is 2. The molecule has 3 rings (SSSR count). The summed E-state index contributed by atoms with van der Waals surface area (Å²) in [7, 11) is 1.56. The fourth-order valence-electron chi connectivity index (χ4n) is 2.55. The number of carbonyl (C=O) groups is 1. The van der Waals surface area contributed by atoms with Crippen LogP contribution in [0.1, 0.15) is 16.1 Å². The number of aryl methyl sites for hydroxylation is 1. The molecular formula is C21H19BrN4O2S. The molecule has 3 N–H and O–H groups in total. The third kappa shape index (κ3) is 5.75. The van der Waals surface area contributed by atoms with Crippen LogP contribution in [0, 0.1) is 6.92 Å². The van der Waals surface area contributed by atoms with Crippen molar-refractivity contribution in [3.8, 4) is 11.5 Å². The van der Waals surface area contributed by atoms with Crippen molar-refractivity contribution in [1.29, 1.82) is 0 Å². The number of benzene rings is 2. The molecule has 0 bridgehead atoms. The van der Waals surface area contributed by atoms with Gasteiger partial charge in [-0.3, -0.25) is 9.78 Å². The smallest absolute Gasteiger partial charge is 0.269 e. The van der Waals surface area contributed by atoms with E-state index in [1.807, 2.05) is 49.4 Å². The van der Waals surface area contributed by atoms with Crippen molar-refractivity contribution in [2.24, 2.45) is 0 Å². The van der Waals surface area contributed by atoms with Crippen LogP contribution in [0.4, 0.5) is 11.4 Å². The van der Waals surface area contributed by atoms with Gasteiger partial charge in [-0.25, -0.2) is 0 Å². The summed E-state index contributed by atoms with van der Waals surface area (Å²) in [6.07, 6.45) is 1.54. The van der Waals surface area contributed by atoms with Gasteiger partial charge >= 0.3 is 0 Å². The summed E-state index contributed by atoms with van der Waals surface area (Å²) < 4.78 is 6.83. The standard InChI is InChI=1S/C21H19BrN4O2S/c1-13-10-16(28-17-8-9-24-19(12-17)20(27)23-2)6-7-18(13)26-21(29)25-15-5-3-4-14(22)11-15/h3-12H,1-2H3,(H,23,27)(H2,25,26,29). The lowest BCUT2D eigenvalue weighted by Gasteiger charge is -2.14. The Hall–Kier alpha value is -2.97. The van der Waals surface area contributed by atoms with Gasteiger partial charge in [-0.15, -0.1) is 0 Å². The topological polar surface area (TPSA) is 75.3 Å². The monoisotopic (exact) mass is 470 g/mol. The predicted molar refractivity (Wildman–Crippen MR) is 123 cm³/mol. The number of nitrogens with zero attached hydrogens (tertiary/aromatic N) is 1. The van der Waals surface area contributed by atoms with Crippen molar-refractivity contribution in [3.63, 3.8) is 0 Å². The van der Waals surface area contributed by atoms with Gasteiger partial charge in [0.05, 0.1) is 0 Å². The zero-order valence-electron chi connectivity index (χ0n) is 15.8. The second kappa shape index (κ2) is 9.49. The number of rotatable bonds is 5. The number of amides is 1. The van der Waals surface area contributed by atoms with Gasteiger partial charge in [0.1, 0.15) is 17.2 Å². The number of ether oxygens (including phenoxy) is 1. The summed E-state index contributed by atoms with van der Waals surface area (Å²) in [6.45, 7) is 1.96. The number of nitrogens with one attached hydrogen (secondary N) is 3. The van der Waals surface area contributed by atoms with Gasteiger partial charge < -0.3 is 20.7 Å². The van der Waals surface area contributed by atoms with Gasteiger partial charge in [0, 0.05) is 35.2 Å². The number of thiocarbonyl (C=S) groups is 1. The summed E-state index contributed by atoms with van der Waals surface area (Å²) in [5.74, 6) is 0.913. The van der Waals surface area contributed by atoms with Gasteiger partial charge in [0.15, 0.2) is 5.11 Å². The maximum Gasteiger partial charge on any atom is 0.269 e. The molecule has 8 heteroatoms. The van der Waals surface area contributed by atoms with Crippen LogP contribution in [0.15, 0.2) is 65.3 Å². The molecule has 1 amide bonds. The molecule has 2 aromatic carbocycles. The van der Waals surface area contributed by atoms with Crippen LogP contribution < -0.4 is 20.7 Å². The van der Waals surface area contributed by atoms with E-state index in [0.717, 1.165) is 21.4 Å². The highest BCUT2D eigenvalue weighted by Crippen LogP contribution is 2.26. The summed E-state index contributed by atoms with van der Waals surface area (Å²) in [5.41, 5.74) is 3.01. The Morgan fingerprint density at radius 3 is 2.59 bits per heavy atom. The SMILES string of the molecule is CNC(=O)c1cc(Oc2ccc(NC(=S)Nc3cccc(Br)c3)c(C)c2)ccn1. The quantitative estimate of drug-likeness (QED) is 0.449. The van der Waals surface area contributed by atoms with Crippen molar-refractivity contribution in [2.45, 2.75) is 6.92 Å². The van der Waals surface area contributed by atoms with E-state index in [4.69, 9.17) is 17.0 Å². The highest BCUT2D eigenvalue weighted by Gasteiger charge is 2.08. The highest BCUT2D eigenvalue weighted by atomic mass is 79.9. The lowest BCUT2D eigenvalue weighted by atomic mass is 10.2. The normalized spacial score (nSPS) is 10.2. The fourth-order valence-corrected chi connectivity index (χ4v) is 3.18. The van der Waals surface area contributed by atoms with Gasteiger partial charge in [0.2, 0.25) is 0 Å². The zero-order chi connectivity index (χ0) is 20.8. The Bertz CT molecular complexity index is 1060. The van der Waals surface area contributed by atoms with Crippen LogP contribution in [-0.4, -0.2) is 23.1 Å². The first-order chi connectivity index (χ1) is 13.9. The van der Waals surface area contributed by atoms with Crippen molar-refractivity contribution in [2.75, 3.05) is 17.7 Å². The van der Waals surface area contributed by atoms with Crippen LogP contribution >= 0.6 is 28.1 Å². The van der Waals surface area contributed by atoms with E-state index in [9.17, 15) is 4.79 Å². The van der Waals surface area contributed by atoms with E-state index >= 15 is 0 Å². The lowest BCUT2D eigenvalue weighted by molar-refractivity contribution is 0.0958. The van der Waals surface area contributed by atoms with Crippen LogP contribution in [0.25, 0.3) is 0 Å². The first kappa shape index (κ1) is 20.8. The largest absolute Gasteiger partial charge is 0.457 e. The third-order valence-corrected chi connectivity index (χ3v) is 4.65. The molecule has 0 saturated carbocycles. The van der Waals surface area contributed by atoms with Crippen LogP contribution in [0.3, 0.4) is 0 Å². The number of aromatic nitrogens is 1. The molecule has 3 aromatic rings. The molecule has 0 aliphatic heterocycles. The van der Waals surface area contributed by atoms with Crippen LogP contribution in [-0.2, 0) is 0 Å². The molecule has 29 heavy (non-hydrogen) atoms. The molecule has 0 aliphatic rings. The highest BCUT2D eigenvalue weighted by molar-refractivity contribution is 9.10. The molecule has 0 spiro atoms. The fraction of sp³-hybridized carbons (Fsp3) is 0.0952. The molecule has 1 heterocycles. The first-order valence-electron chi connectivity index (χ1n) is 8.75. The van der Waals surface area contributed by atoms with Gasteiger partial charge in [0.25, 0.3) is 5.91 Å². The van der Waals surface area contributed by atoms with Crippen LogP contribution in [0.5, 0.6) is 11.5 Å². The Balaban J connectivity index is 1.67. The summed E-state index contributed by atoms with van der Waals surface area (Å²) in [6, 6.07) is 16.7. The van der Waals surface area contributed by atoms with E-state index in [1.165, 1.54) is 6.20 Å². The van der Waals surface area contributed by atoms with Gasteiger partial charge in [-0.1, -0.05) is 22.0 Å². The molecule has 0 atom stereocenters. The number of hydrogen-bond donors (Lipinski definition) is 3. The summed E-state index contributed by atoms with van der Waals surface area (Å²) in [5, 5.41) is 9.37. The second-order valence-electron chi connectivity index (χ2n) is 6.12. The molecule has 1 aromatic heterocycles. The maximum atomic E-state index is 11.7. The van der Waals surface area contributed by atoms with Gasteiger partial charge in [-0.05, 0) is 67.2 Å². The molecule has 148 valence electrons.